The standard InChI is InChI=1S/C8H11NOS2/c1-9(2)7(10)6-12-8-4-3-5-11-8/h3-5H,6H2,1-2H3. The minimum absolute atomic E-state index is 0.161. The van der Waals surface area contributed by atoms with E-state index >= 15 is 0 Å². The maximum Gasteiger partial charge on any atom is 0.232 e. The Morgan fingerprint density at radius 1 is 1.67 bits per heavy atom. The molecule has 0 bridgehead atoms. The third-order valence-electron chi connectivity index (χ3n) is 1.33. The van der Waals surface area contributed by atoms with Crippen LogP contribution in [0.2, 0.25) is 0 Å². The van der Waals surface area contributed by atoms with Crippen molar-refractivity contribution in [1.29, 1.82) is 0 Å². The smallest absolute Gasteiger partial charge is 0.232 e. The van der Waals surface area contributed by atoms with E-state index in [0.717, 1.165) is 0 Å². The number of thioether (sulfide) groups is 1. The van der Waals surface area contributed by atoms with E-state index in [-0.39, 0.29) is 5.91 Å². The summed E-state index contributed by atoms with van der Waals surface area (Å²) in [7, 11) is 3.55. The second kappa shape index (κ2) is 4.52. The van der Waals surface area contributed by atoms with Gasteiger partial charge >= 0.3 is 0 Å². The molecule has 1 aromatic heterocycles. The molecule has 0 aliphatic heterocycles. The fraction of sp³-hybridized carbons (Fsp3) is 0.375. The summed E-state index contributed by atoms with van der Waals surface area (Å²) in [5, 5.41) is 2.02. The first-order valence-corrected chi connectivity index (χ1v) is 5.43. The number of carbonyl (C=O) groups excluding carboxylic acids is 1. The number of rotatable bonds is 3. The second-order valence-corrected chi connectivity index (χ2v) is 4.73. The number of thiophene rings is 1. The summed E-state index contributed by atoms with van der Waals surface area (Å²) >= 11 is 3.26. The van der Waals surface area contributed by atoms with E-state index in [2.05, 4.69) is 0 Å². The lowest BCUT2D eigenvalue weighted by Gasteiger charge is -2.08. The fourth-order valence-corrected chi connectivity index (χ4v) is 2.37. The molecule has 1 amide bonds. The molecular weight excluding hydrogens is 190 g/mol. The van der Waals surface area contributed by atoms with Crippen LogP contribution in [0.5, 0.6) is 0 Å². The zero-order valence-corrected chi connectivity index (χ0v) is 8.74. The molecule has 0 aromatic carbocycles. The predicted octanol–water partition coefficient (Wildman–Crippen LogP) is 1.93. The van der Waals surface area contributed by atoms with E-state index in [9.17, 15) is 4.79 Å². The lowest BCUT2D eigenvalue weighted by Crippen LogP contribution is -2.23. The van der Waals surface area contributed by atoms with Crippen molar-refractivity contribution in [2.75, 3.05) is 19.8 Å². The molecule has 0 fully saturated rings. The van der Waals surface area contributed by atoms with Crippen LogP contribution in [0, 0.1) is 0 Å². The fourth-order valence-electron chi connectivity index (χ4n) is 0.608. The van der Waals surface area contributed by atoms with Crippen LogP contribution in [0.4, 0.5) is 0 Å². The number of nitrogens with zero attached hydrogens (tertiary/aromatic N) is 1. The molecule has 0 saturated carbocycles. The Morgan fingerprint density at radius 3 is 2.92 bits per heavy atom. The Morgan fingerprint density at radius 2 is 2.42 bits per heavy atom. The van der Waals surface area contributed by atoms with Gasteiger partial charge in [-0.3, -0.25) is 4.79 Å². The molecule has 0 radical (unpaired) electrons. The summed E-state index contributed by atoms with van der Waals surface area (Å²) in [4.78, 5) is 12.8. The summed E-state index contributed by atoms with van der Waals surface area (Å²) in [6.45, 7) is 0. The quantitative estimate of drug-likeness (QED) is 0.696. The summed E-state index contributed by atoms with van der Waals surface area (Å²) in [6.07, 6.45) is 0. The minimum Gasteiger partial charge on any atom is -0.348 e. The van der Waals surface area contributed by atoms with Crippen molar-refractivity contribution in [3.63, 3.8) is 0 Å². The zero-order chi connectivity index (χ0) is 8.97. The van der Waals surface area contributed by atoms with Crippen molar-refractivity contribution < 1.29 is 4.79 Å². The van der Waals surface area contributed by atoms with E-state index in [1.807, 2.05) is 17.5 Å². The molecule has 0 unspecified atom stereocenters. The molecule has 0 saturated heterocycles. The van der Waals surface area contributed by atoms with Gasteiger partial charge < -0.3 is 4.90 Å². The molecule has 0 aliphatic carbocycles. The Hall–Kier alpha value is -0.480. The molecule has 12 heavy (non-hydrogen) atoms. The van der Waals surface area contributed by atoms with Gasteiger partial charge in [-0.05, 0) is 11.4 Å². The van der Waals surface area contributed by atoms with Gasteiger partial charge in [-0.2, -0.15) is 0 Å². The number of hydrogen-bond donors (Lipinski definition) is 0. The largest absolute Gasteiger partial charge is 0.348 e. The van der Waals surface area contributed by atoms with Crippen LogP contribution in [-0.4, -0.2) is 30.7 Å². The molecule has 1 heterocycles. The van der Waals surface area contributed by atoms with E-state index in [4.69, 9.17) is 0 Å². The van der Waals surface area contributed by atoms with Gasteiger partial charge in [0.25, 0.3) is 0 Å². The van der Waals surface area contributed by atoms with Gasteiger partial charge in [-0.1, -0.05) is 6.07 Å². The molecule has 0 atom stereocenters. The van der Waals surface area contributed by atoms with E-state index in [1.165, 1.54) is 4.21 Å². The third kappa shape index (κ3) is 2.87. The van der Waals surface area contributed by atoms with Crippen molar-refractivity contribution >= 4 is 29.0 Å². The van der Waals surface area contributed by atoms with Crippen molar-refractivity contribution in [2.45, 2.75) is 4.21 Å². The SMILES string of the molecule is CN(C)C(=O)CSc1cccs1. The Kier molecular flexibility index (Phi) is 3.62. The topological polar surface area (TPSA) is 20.3 Å². The molecule has 66 valence electrons. The van der Waals surface area contributed by atoms with E-state index in [1.54, 1.807) is 42.1 Å². The monoisotopic (exact) mass is 201 g/mol. The first-order valence-electron chi connectivity index (χ1n) is 3.56. The van der Waals surface area contributed by atoms with Gasteiger partial charge in [0.05, 0.1) is 9.96 Å². The maximum absolute atomic E-state index is 11.1. The highest BCUT2D eigenvalue weighted by Crippen LogP contribution is 2.23. The first kappa shape index (κ1) is 9.61. The molecule has 2 nitrogen and oxygen atoms in total. The highest BCUT2D eigenvalue weighted by atomic mass is 32.2. The number of amides is 1. The van der Waals surface area contributed by atoms with Crippen molar-refractivity contribution in [2.24, 2.45) is 0 Å². The number of hydrogen-bond acceptors (Lipinski definition) is 3. The van der Waals surface area contributed by atoms with Crippen LogP contribution in [0.25, 0.3) is 0 Å². The molecule has 0 spiro atoms. The summed E-state index contributed by atoms with van der Waals surface area (Å²) in [5.41, 5.74) is 0. The molecule has 4 heteroatoms. The van der Waals surface area contributed by atoms with E-state index in [0.29, 0.717) is 5.75 Å². The molecule has 1 aromatic rings. The number of carbonyl (C=O) groups is 1. The molecular formula is C8H11NOS2. The summed E-state index contributed by atoms with van der Waals surface area (Å²) in [6, 6.07) is 4.02. The second-order valence-electron chi connectivity index (χ2n) is 2.51. The van der Waals surface area contributed by atoms with Crippen LogP contribution >= 0.6 is 23.1 Å². The summed E-state index contributed by atoms with van der Waals surface area (Å²) < 4.78 is 1.20. The lowest BCUT2D eigenvalue weighted by atomic mass is 10.6. The van der Waals surface area contributed by atoms with Gasteiger partial charge in [-0.25, -0.2) is 0 Å². The first-order chi connectivity index (χ1) is 5.70. The van der Waals surface area contributed by atoms with Crippen LogP contribution in [0.1, 0.15) is 0 Å². The molecule has 1 rings (SSSR count). The minimum atomic E-state index is 0.161. The Labute approximate surface area is 80.6 Å². The Bertz CT molecular complexity index is 244. The molecule has 0 N–H and O–H groups in total. The van der Waals surface area contributed by atoms with Gasteiger partial charge in [0.2, 0.25) is 5.91 Å². The van der Waals surface area contributed by atoms with Crippen molar-refractivity contribution in [3.05, 3.63) is 17.5 Å². The molecule has 0 aliphatic rings. The van der Waals surface area contributed by atoms with E-state index < -0.39 is 0 Å². The third-order valence-corrected chi connectivity index (χ3v) is 3.45. The van der Waals surface area contributed by atoms with Gasteiger partial charge in [0.1, 0.15) is 0 Å². The Balaban J connectivity index is 2.32. The predicted molar refractivity (Wildman–Crippen MR) is 53.7 cm³/mol. The van der Waals surface area contributed by atoms with Crippen molar-refractivity contribution in [1.82, 2.24) is 4.90 Å². The van der Waals surface area contributed by atoms with Crippen LogP contribution in [0.3, 0.4) is 0 Å². The normalized spacial score (nSPS) is 9.83. The average molecular weight is 201 g/mol. The van der Waals surface area contributed by atoms with Crippen LogP contribution < -0.4 is 0 Å². The maximum atomic E-state index is 11.1. The lowest BCUT2D eigenvalue weighted by molar-refractivity contribution is -0.125. The van der Waals surface area contributed by atoms with Gasteiger partial charge in [-0.15, -0.1) is 23.1 Å². The van der Waals surface area contributed by atoms with Crippen molar-refractivity contribution in [3.8, 4) is 0 Å². The average Bonchev–Trinajstić information content (AvgIpc) is 2.51. The van der Waals surface area contributed by atoms with Crippen LogP contribution in [0.15, 0.2) is 21.7 Å². The highest BCUT2D eigenvalue weighted by molar-refractivity contribution is 8.01. The van der Waals surface area contributed by atoms with Gasteiger partial charge in [0, 0.05) is 14.1 Å². The highest BCUT2D eigenvalue weighted by Gasteiger charge is 2.04. The van der Waals surface area contributed by atoms with Crippen LogP contribution in [-0.2, 0) is 4.79 Å². The van der Waals surface area contributed by atoms with Gasteiger partial charge in [0.15, 0.2) is 0 Å². The summed E-state index contributed by atoms with van der Waals surface area (Å²) in [5.74, 6) is 0.696. The zero-order valence-electron chi connectivity index (χ0n) is 7.11.